The lowest BCUT2D eigenvalue weighted by molar-refractivity contribution is 0.573. The molecule has 0 aliphatic carbocycles. The number of nitrogens with zero attached hydrogens (tertiary/aromatic N) is 1. The van der Waals surface area contributed by atoms with Gasteiger partial charge in [-0.05, 0) is 36.9 Å². The van der Waals surface area contributed by atoms with Gasteiger partial charge in [0.1, 0.15) is 0 Å². The zero-order chi connectivity index (χ0) is 10.7. The van der Waals surface area contributed by atoms with Crippen LogP contribution in [0.25, 0.3) is 0 Å². The number of aryl methyl sites for hydroxylation is 1. The second-order valence-electron chi connectivity index (χ2n) is 3.65. The molecule has 0 amide bonds. The standard InChI is InChI=1S/C11H15N3S/c1-8-4-6-15-11(8)9(2)12-7-10-3-5-13-14-10/h3-6,9,12H,7H2,1-2H3,(H,13,14). The van der Waals surface area contributed by atoms with Gasteiger partial charge in [-0.15, -0.1) is 11.3 Å². The molecule has 15 heavy (non-hydrogen) atoms. The number of hydrogen-bond donors (Lipinski definition) is 2. The Balaban J connectivity index is 1.93. The zero-order valence-corrected chi connectivity index (χ0v) is 9.77. The van der Waals surface area contributed by atoms with Crippen molar-refractivity contribution >= 4 is 11.3 Å². The van der Waals surface area contributed by atoms with Gasteiger partial charge < -0.3 is 5.32 Å². The molecular formula is C11H15N3S. The smallest absolute Gasteiger partial charge is 0.0490 e. The topological polar surface area (TPSA) is 40.7 Å². The average molecular weight is 221 g/mol. The molecule has 4 heteroatoms. The van der Waals surface area contributed by atoms with Crippen molar-refractivity contribution < 1.29 is 0 Å². The maximum absolute atomic E-state index is 3.92. The summed E-state index contributed by atoms with van der Waals surface area (Å²) in [5, 5.41) is 12.5. The molecule has 1 unspecified atom stereocenters. The van der Waals surface area contributed by atoms with Crippen LogP contribution in [0.5, 0.6) is 0 Å². The first-order chi connectivity index (χ1) is 7.27. The Bertz CT molecular complexity index is 405. The molecule has 3 nitrogen and oxygen atoms in total. The van der Waals surface area contributed by atoms with Crippen molar-refractivity contribution in [1.82, 2.24) is 15.5 Å². The fraction of sp³-hybridized carbons (Fsp3) is 0.364. The molecule has 0 aliphatic rings. The van der Waals surface area contributed by atoms with E-state index in [2.05, 4.69) is 40.8 Å². The maximum atomic E-state index is 3.92. The normalized spacial score (nSPS) is 12.9. The minimum absolute atomic E-state index is 0.397. The lowest BCUT2D eigenvalue weighted by atomic mass is 10.2. The highest BCUT2D eigenvalue weighted by molar-refractivity contribution is 7.10. The minimum Gasteiger partial charge on any atom is -0.304 e. The van der Waals surface area contributed by atoms with Gasteiger partial charge in [0, 0.05) is 29.4 Å². The number of aromatic nitrogens is 2. The molecule has 2 heterocycles. The minimum atomic E-state index is 0.397. The first-order valence-corrected chi connectivity index (χ1v) is 5.91. The molecule has 0 spiro atoms. The third-order valence-corrected chi connectivity index (χ3v) is 3.65. The van der Waals surface area contributed by atoms with Crippen LogP contribution in [-0.2, 0) is 6.54 Å². The quantitative estimate of drug-likeness (QED) is 0.833. The summed E-state index contributed by atoms with van der Waals surface area (Å²) in [6, 6.07) is 4.54. The number of rotatable bonds is 4. The predicted octanol–water partition coefficient (Wildman–Crippen LogP) is 2.63. The van der Waals surface area contributed by atoms with Crippen LogP contribution < -0.4 is 5.32 Å². The summed E-state index contributed by atoms with van der Waals surface area (Å²) < 4.78 is 0. The van der Waals surface area contributed by atoms with E-state index in [9.17, 15) is 0 Å². The van der Waals surface area contributed by atoms with Gasteiger partial charge in [0.2, 0.25) is 0 Å². The van der Waals surface area contributed by atoms with Crippen LogP contribution in [0.3, 0.4) is 0 Å². The Labute approximate surface area is 93.5 Å². The van der Waals surface area contributed by atoms with Crippen LogP contribution in [-0.4, -0.2) is 10.2 Å². The number of H-pyrrole nitrogens is 1. The van der Waals surface area contributed by atoms with E-state index >= 15 is 0 Å². The number of nitrogens with one attached hydrogen (secondary N) is 2. The number of aromatic amines is 1. The van der Waals surface area contributed by atoms with Crippen LogP contribution in [0.15, 0.2) is 23.7 Å². The summed E-state index contributed by atoms with van der Waals surface area (Å²) in [6.07, 6.45) is 1.78. The molecule has 0 aromatic carbocycles. The average Bonchev–Trinajstić information content (AvgIpc) is 2.84. The first-order valence-electron chi connectivity index (χ1n) is 5.03. The summed E-state index contributed by atoms with van der Waals surface area (Å²) in [7, 11) is 0. The van der Waals surface area contributed by atoms with E-state index in [0.29, 0.717) is 6.04 Å². The van der Waals surface area contributed by atoms with Crippen molar-refractivity contribution in [2.24, 2.45) is 0 Å². The molecule has 0 bridgehead atoms. The van der Waals surface area contributed by atoms with Crippen LogP contribution in [0, 0.1) is 6.92 Å². The molecule has 1 atom stereocenters. The molecule has 0 aliphatic heterocycles. The Morgan fingerprint density at radius 1 is 1.53 bits per heavy atom. The van der Waals surface area contributed by atoms with E-state index in [1.165, 1.54) is 10.4 Å². The molecule has 2 rings (SSSR count). The van der Waals surface area contributed by atoms with Crippen molar-refractivity contribution in [3.05, 3.63) is 39.8 Å². The summed E-state index contributed by atoms with van der Waals surface area (Å²) in [6.45, 7) is 5.17. The van der Waals surface area contributed by atoms with E-state index in [0.717, 1.165) is 12.2 Å². The van der Waals surface area contributed by atoms with Gasteiger partial charge in [0.05, 0.1) is 0 Å². The Kier molecular flexibility index (Phi) is 3.18. The van der Waals surface area contributed by atoms with E-state index in [1.54, 1.807) is 17.5 Å². The highest BCUT2D eigenvalue weighted by Crippen LogP contribution is 2.23. The summed E-state index contributed by atoms with van der Waals surface area (Å²) in [4.78, 5) is 1.41. The van der Waals surface area contributed by atoms with Gasteiger partial charge in [0.25, 0.3) is 0 Å². The van der Waals surface area contributed by atoms with E-state index < -0.39 is 0 Å². The maximum Gasteiger partial charge on any atom is 0.0490 e. The van der Waals surface area contributed by atoms with Crippen LogP contribution >= 0.6 is 11.3 Å². The van der Waals surface area contributed by atoms with Gasteiger partial charge in [-0.25, -0.2) is 0 Å². The molecule has 0 saturated heterocycles. The van der Waals surface area contributed by atoms with Gasteiger partial charge in [-0.3, -0.25) is 5.10 Å². The zero-order valence-electron chi connectivity index (χ0n) is 8.95. The highest BCUT2D eigenvalue weighted by Gasteiger charge is 2.08. The highest BCUT2D eigenvalue weighted by atomic mass is 32.1. The third kappa shape index (κ3) is 2.46. The molecule has 80 valence electrons. The molecule has 2 aromatic heterocycles. The second-order valence-corrected chi connectivity index (χ2v) is 4.60. The van der Waals surface area contributed by atoms with Crippen molar-refractivity contribution in [2.45, 2.75) is 26.4 Å². The molecular weight excluding hydrogens is 206 g/mol. The molecule has 0 saturated carbocycles. The fourth-order valence-electron chi connectivity index (χ4n) is 1.57. The summed E-state index contributed by atoms with van der Waals surface area (Å²) >= 11 is 1.81. The number of hydrogen-bond acceptors (Lipinski definition) is 3. The van der Waals surface area contributed by atoms with Crippen LogP contribution in [0.1, 0.15) is 29.1 Å². The SMILES string of the molecule is Cc1ccsc1C(C)NCc1ccn[nH]1. The number of thiophene rings is 1. The summed E-state index contributed by atoms with van der Waals surface area (Å²) in [5.74, 6) is 0. The monoisotopic (exact) mass is 221 g/mol. The lowest BCUT2D eigenvalue weighted by Crippen LogP contribution is -2.18. The van der Waals surface area contributed by atoms with Crippen molar-refractivity contribution in [3.8, 4) is 0 Å². The lowest BCUT2D eigenvalue weighted by Gasteiger charge is -2.12. The molecule has 2 N–H and O–H groups in total. The molecule has 0 radical (unpaired) electrons. The molecule has 2 aromatic rings. The first kappa shape index (κ1) is 10.4. The summed E-state index contributed by atoms with van der Waals surface area (Å²) in [5.41, 5.74) is 2.49. The Morgan fingerprint density at radius 3 is 3.00 bits per heavy atom. The van der Waals surface area contributed by atoms with Gasteiger partial charge in [0.15, 0.2) is 0 Å². The fourth-order valence-corrected chi connectivity index (χ4v) is 2.53. The Hall–Kier alpha value is -1.13. The van der Waals surface area contributed by atoms with Gasteiger partial charge >= 0.3 is 0 Å². The van der Waals surface area contributed by atoms with E-state index in [1.807, 2.05) is 6.07 Å². The van der Waals surface area contributed by atoms with Crippen LogP contribution in [0.2, 0.25) is 0 Å². The van der Waals surface area contributed by atoms with Gasteiger partial charge in [-0.1, -0.05) is 0 Å². The molecule has 0 fully saturated rings. The second kappa shape index (κ2) is 4.59. The van der Waals surface area contributed by atoms with E-state index in [-0.39, 0.29) is 0 Å². The van der Waals surface area contributed by atoms with Crippen molar-refractivity contribution in [3.63, 3.8) is 0 Å². The third-order valence-electron chi connectivity index (χ3n) is 2.45. The van der Waals surface area contributed by atoms with E-state index in [4.69, 9.17) is 0 Å². The van der Waals surface area contributed by atoms with Crippen LogP contribution in [0.4, 0.5) is 0 Å². The van der Waals surface area contributed by atoms with Crippen molar-refractivity contribution in [1.29, 1.82) is 0 Å². The largest absolute Gasteiger partial charge is 0.304 e. The van der Waals surface area contributed by atoms with Crippen molar-refractivity contribution in [2.75, 3.05) is 0 Å². The van der Waals surface area contributed by atoms with Gasteiger partial charge in [-0.2, -0.15) is 5.10 Å². The predicted molar refractivity (Wildman–Crippen MR) is 62.9 cm³/mol. The Morgan fingerprint density at radius 2 is 2.40 bits per heavy atom.